The molecule has 1 amide bonds. The van der Waals surface area contributed by atoms with Crippen molar-refractivity contribution in [2.45, 2.75) is 13.8 Å². The van der Waals surface area contributed by atoms with Crippen LogP contribution in [-0.4, -0.2) is 31.6 Å². The Labute approximate surface area is 151 Å². The molecule has 0 spiro atoms. The highest BCUT2D eigenvalue weighted by atomic mass is 35.5. The second-order valence-electron chi connectivity index (χ2n) is 5.78. The van der Waals surface area contributed by atoms with Crippen LogP contribution in [0.4, 0.5) is 5.69 Å². The SMILES string of the molecule is CCOC(=O)c1cc2cc(NC(=O)C(C)C3CNC3)ccc2s1.Cl. The first kappa shape index (κ1) is 18.7. The number of carbonyl (C=O) groups excluding carboxylic acids is 2. The maximum absolute atomic E-state index is 12.3. The Kier molecular flexibility index (Phi) is 6.21. The van der Waals surface area contributed by atoms with Crippen molar-refractivity contribution in [3.05, 3.63) is 29.1 Å². The van der Waals surface area contributed by atoms with Gasteiger partial charge in [-0.15, -0.1) is 23.7 Å². The van der Waals surface area contributed by atoms with Crippen LogP contribution in [0.1, 0.15) is 23.5 Å². The number of fused-ring (bicyclic) bond motifs is 1. The van der Waals surface area contributed by atoms with Crippen molar-refractivity contribution in [1.29, 1.82) is 0 Å². The average Bonchev–Trinajstić information content (AvgIpc) is 2.89. The molecule has 24 heavy (non-hydrogen) atoms. The van der Waals surface area contributed by atoms with E-state index in [1.54, 1.807) is 6.92 Å². The molecule has 1 fully saturated rings. The second-order valence-corrected chi connectivity index (χ2v) is 6.86. The van der Waals surface area contributed by atoms with Gasteiger partial charge in [-0.25, -0.2) is 4.79 Å². The van der Waals surface area contributed by atoms with E-state index in [-0.39, 0.29) is 30.2 Å². The fourth-order valence-electron chi connectivity index (χ4n) is 2.56. The third-order valence-electron chi connectivity index (χ3n) is 4.19. The van der Waals surface area contributed by atoms with Crippen molar-refractivity contribution in [2.75, 3.05) is 25.0 Å². The fraction of sp³-hybridized carbons (Fsp3) is 0.412. The van der Waals surface area contributed by atoms with Crippen molar-refractivity contribution in [3.63, 3.8) is 0 Å². The van der Waals surface area contributed by atoms with Gasteiger partial charge in [0.05, 0.1) is 6.61 Å². The summed E-state index contributed by atoms with van der Waals surface area (Å²) in [5, 5.41) is 7.09. The highest BCUT2D eigenvalue weighted by molar-refractivity contribution is 7.20. The van der Waals surface area contributed by atoms with E-state index in [2.05, 4.69) is 10.6 Å². The molecule has 1 aliphatic rings. The smallest absolute Gasteiger partial charge is 0.348 e. The van der Waals surface area contributed by atoms with E-state index >= 15 is 0 Å². The van der Waals surface area contributed by atoms with Crippen molar-refractivity contribution in [2.24, 2.45) is 11.8 Å². The molecule has 2 N–H and O–H groups in total. The van der Waals surface area contributed by atoms with E-state index in [0.717, 1.165) is 28.9 Å². The zero-order chi connectivity index (χ0) is 16.4. The van der Waals surface area contributed by atoms with Crippen LogP contribution in [0.15, 0.2) is 24.3 Å². The van der Waals surface area contributed by atoms with Gasteiger partial charge in [0.1, 0.15) is 4.88 Å². The molecule has 1 aromatic heterocycles. The maximum atomic E-state index is 12.3. The summed E-state index contributed by atoms with van der Waals surface area (Å²) in [6.45, 7) is 5.92. The van der Waals surface area contributed by atoms with Crippen LogP contribution in [0.5, 0.6) is 0 Å². The number of rotatable bonds is 5. The predicted molar refractivity (Wildman–Crippen MR) is 99.2 cm³/mol. The van der Waals surface area contributed by atoms with Crippen LogP contribution in [0.25, 0.3) is 10.1 Å². The van der Waals surface area contributed by atoms with Gasteiger partial charge in [-0.1, -0.05) is 6.92 Å². The number of ether oxygens (including phenoxy) is 1. The Morgan fingerprint density at radius 2 is 2.12 bits per heavy atom. The van der Waals surface area contributed by atoms with Gasteiger partial charge in [-0.05, 0) is 55.6 Å². The lowest BCUT2D eigenvalue weighted by Gasteiger charge is -2.31. The molecule has 1 saturated heterocycles. The maximum Gasteiger partial charge on any atom is 0.348 e. The van der Waals surface area contributed by atoms with E-state index in [0.29, 0.717) is 17.4 Å². The number of carbonyl (C=O) groups is 2. The molecule has 7 heteroatoms. The molecule has 1 unspecified atom stereocenters. The van der Waals surface area contributed by atoms with Crippen molar-refractivity contribution >= 4 is 51.4 Å². The Balaban J connectivity index is 0.00000208. The summed E-state index contributed by atoms with van der Waals surface area (Å²) in [4.78, 5) is 24.6. The molecular formula is C17H21ClN2O3S. The van der Waals surface area contributed by atoms with E-state index in [1.165, 1.54) is 11.3 Å². The van der Waals surface area contributed by atoms with Gasteiger partial charge in [0.15, 0.2) is 0 Å². The lowest BCUT2D eigenvalue weighted by Crippen LogP contribution is -2.48. The quantitative estimate of drug-likeness (QED) is 0.795. The van der Waals surface area contributed by atoms with Crippen LogP contribution >= 0.6 is 23.7 Å². The van der Waals surface area contributed by atoms with Crippen LogP contribution < -0.4 is 10.6 Å². The zero-order valence-electron chi connectivity index (χ0n) is 13.6. The first-order valence-electron chi connectivity index (χ1n) is 7.80. The number of hydrogen-bond donors (Lipinski definition) is 2. The van der Waals surface area contributed by atoms with Gasteiger partial charge in [0, 0.05) is 16.3 Å². The molecule has 0 aliphatic carbocycles. The minimum Gasteiger partial charge on any atom is -0.462 e. The van der Waals surface area contributed by atoms with Gasteiger partial charge in [0.25, 0.3) is 0 Å². The molecular weight excluding hydrogens is 348 g/mol. The van der Waals surface area contributed by atoms with E-state index < -0.39 is 0 Å². The standard InChI is InChI=1S/C17H20N2O3S.ClH/c1-3-22-17(21)15-7-11-6-13(4-5-14(11)23-15)19-16(20)10(2)12-8-18-9-12;/h4-7,10,12,18H,3,8-9H2,1-2H3,(H,19,20);1H. The summed E-state index contributed by atoms with van der Waals surface area (Å²) in [5.74, 6) is 0.141. The molecule has 2 aromatic rings. The van der Waals surface area contributed by atoms with Crippen LogP contribution in [0.2, 0.25) is 0 Å². The molecule has 130 valence electrons. The first-order valence-corrected chi connectivity index (χ1v) is 8.62. The molecule has 0 bridgehead atoms. The number of hydrogen-bond acceptors (Lipinski definition) is 5. The monoisotopic (exact) mass is 368 g/mol. The Hall–Kier alpha value is -1.63. The predicted octanol–water partition coefficient (Wildman–Crippen LogP) is 3.29. The largest absolute Gasteiger partial charge is 0.462 e. The van der Waals surface area contributed by atoms with Gasteiger partial charge in [-0.2, -0.15) is 0 Å². The summed E-state index contributed by atoms with van der Waals surface area (Å²) < 4.78 is 6.03. The van der Waals surface area contributed by atoms with Gasteiger partial charge < -0.3 is 15.4 Å². The van der Waals surface area contributed by atoms with E-state index in [4.69, 9.17) is 4.74 Å². The average molecular weight is 369 g/mol. The van der Waals surface area contributed by atoms with Gasteiger partial charge >= 0.3 is 5.97 Å². The Bertz CT molecular complexity index is 743. The molecule has 1 aliphatic heterocycles. The lowest BCUT2D eigenvalue weighted by molar-refractivity contribution is -0.121. The lowest BCUT2D eigenvalue weighted by atomic mass is 9.88. The number of halogens is 1. The molecule has 2 heterocycles. The Morgan fingerprint density at radius 1 is 1.38 bits per heavy atom. The topological polar surface area (TPSA) is 67.4 Å². The van der Waals surface area contributed by atoms with Gasteiger partial charge in [-0.3, -0.25) is 4.79 Å². The number of esters is 1. The van der Waals surface area contributed by atoms with Gasteiger partial charge in [0.2, 0.25) is 5.91 Å². The number of benzene rings is 1. The fourth-order valence-corrected chi connectivity index (χ4v) is 3.50. The number of amides is 1. The number of nitrogens with one attached hydrogen (secondary N) is 2. The highest BCUT2D eigenvalue weighted by Crippen LogP contribution is 2.29. The molecule has 0 radical (unpaired) electrons. The van der Waals surface area contributed by atoms with Crippen LogP contribution in [0, 0.1) is 11.8 Å². The summed E-state index contributed by atoms with van der Waals surface area (Å²) in [5.41, 5.74) is 0.759. The zero-order valence-corrected chi connectivity index (χ0v) is 15.3. The normalized spacial score (nSPS) is 15.2. The first-order chi connectivity index (χ1) is 11.1. The van der Waals surface area contributed by atoms with Crippen LogP contribution in [0.3, 0.4) is 0 Å². The van der Waals surface area contributed by atoms with Crippen LogP contribution in [-0.2, 0) is 9.53 Å². The summed E-state index contributed by atoms with van der Waals surface area (Å²) in [6.07, 6.45) is 0. The third kappa shape index (κ3) is 3.88. The Morgan fingerprint density at radius 3 is 2.75 bits per heavy atom. The molecule has 5 nitrogen and oxygen atoms in total. The van der Waals surface area contributed by atoms with Crippen molar-refractivity contribution in [3.8, 4) is 0 Å². The number of thiophene rings is 1. The van der Waals surface area contributed by atoms with E-state index in [1.807, 2.05) is 31.2 Å². The highest BCUT2D eigenvalue weighted by Gasteiger charge is 2.28. The second kappa shape index (κ2) is 7.96. The molecule has 1 atom stereocenters. The van der Waals surface area contributed by atoms with E-state index in [9.17, 15) is 9.59 Å². The molecule has 3 rings (SSSR count). The minimum atomic E-state index is -0.301. The summed E-state index contributed by atoms with van der Waals surface area (Å²) in [6, 6.07) is 7.51. The summed E-state index contributed by atoms with van der Waals surface area (Å²) >= 11 is 1.40. The summed E-state index contributed by atoms with van der Waals surface area (Å²) in [7, 11) is 0. The number of anilines is 1. The molecule has 0 saturated carbocycles. The van der Waals surface area contributed by atoms with Crippen molar-refractivity contribution < 1.29 is 14.3 Å². The third-order valence-corrected chi connectivity index (χ3v) is 5.29. The molecule has 1 aromatic carbocycles. The minimum absolute atomic E-state index is 0. The van der Waals surface area contributed by atoms with Crippen molar-refractivity contribution in [1.82, 2.24) is 5.32 Å².